The summed E-state index contributed by atoms with van der Waals surface area (Å²) >= 11 is 0. The number of rotatable bonds is 5. The highest BCUT2D eigenvalue weighted by atomic mass is 16.1. The Balaban J connectivity index is 2.36. The highest BCUT2D eigenvalue weighted by Gasteiger charge is 2.16. The first kappa shape index (κ1) is 16.3. The smallest absolute Gasteiger partial charge is 0.253 e. The molecule has 0 spiro atoms. The maximum absolute atomic E-state index is 12.3. The van der Waals surface area contributed by atoms with Gasteiger partial charge in [0.1, 0.15) is 0 Å². The summed E-state index contributed by atoms with van der Waals surface area (Å²) in [7, 11) is 0. The first-order valence-corrected chi connectivity index (χ1v) is 7.70. The lowest BCUT2D eigenvalue weighted by Crippen LogP contribution is -2.26. The molecule has 3 N–H and O–H groups in total. The quantitative estimate of drug-likeness (QED) is 0.834. The number of carbonyl (C=O) groups excluding carboxylic acids is 1. The zero-order valence-electron chi connectivity index (χ0n) is 13.9. The fourth-order valence-corrected chi connectivity index (χ4v) is 2.87. The van der Waals surface area contributed by atoms with Gasteiger partial charge < -0.3 is 15.6 Å². The van der Waals surface area contributed by atoms with Gasteiger partial charge in [-0.1, -0.05) is 6.07 Å². The van der Waals surface area contributed by atoms with Gasteiger partial charge in [-0.3, -0.25) is 4.79 Å². The summed E-state index contributed by atoms with van der Waals surface area (Å²) in [4.78, 5) is 12.3. The van der Waals surface area contributed by atoms with Gasteiger partial charge in [-0.05, 0) is 70.0 Å². The van der Waals surface area contributed by atoms with E-state index >= 15 is 0 Å². The standard InChI is InChI=1S/C18H25N3O/c1-12-8-13(2)10-16(9-12)21-14(3)11-17(15(21)4)18(22)20-7-5-6-19/h8-11H,5-7,19H2,1-4H3,(H,20,22). The van der Waals surface area contributed by atoms with Crippen LogP contribution >= 0.6 is 0 Å². The molecule has 1 amide bonds. The van der Waals surface area contributed by atoms with Crippen LogP contribution in [0, 0.1) is 27.7 Å². The molecule has 0 aliphatic rings. The second kappa shape index (κ2) is 6.79. The molecule has 0 bridgehead atoms. The van der Waals surface area contributed by atoms with Gasteiger partial charge in [0, 0.05) is 23.6 Å². The lowest BCUT2D eigenvalue weighted by molar-refractivity contribution is 0.0953. The Morgan fingerprint density at radius 1 is 1.09 bits per heavy atom. The fraction of sp³-hybridized carbons (Fsp3) is 0.389. The molecule has 0 saturated heterocycles. The number of carbonyl (C=O) groups is 1. The third-order valence-electron chi connectivity index (χ3n) is 3.81. The molecule has 0 unspecified atom stereocenters. The van der Waals surface area contributed by atoms with Crippen molar-refractivity contribution in [3.63, 3.8) is 0 Å². The summed E-state index contributed by atoms with van der Waals surface area (Å²) < 4.78 is 2.14. The van der Waals surface area contributed by atoms with Crippen molar-refractivity contribution in [1.82, 2.24) is 9.88 Å². The summed E-state index contributed by atoms with van der Waals surface area (Å²) in [6, 6.07) is 8.38. The van der Waals surface area contributed by atoms with Crippen LogP contribution in [-0.4, -0.2) is 23.6 Å². The van der Waals surface area contributed by atoms with E-state index in [9.17, 15) is 4.79 Å². The van der Waals surface area contributed by atoms with Crippen LogP contribution < -0.4 is 11.1 Å². The molecular weight excluding hydrogens is 274 g/mol. The summed E-state index contributed by atoms with van der Waals surface area (Å²) in [5.41, 5.74) is 11.8. The Labute approximate surface area is 132 Å². The lowest BCUT2D eigenvalue weighted by Gasteiger charge is -2.12. The van der Waals surface area contributed by atoms with Gasteiger partial charge >= 0.3 is 0 Å². The van der Waals surface area contributed by atoms with Gasteiger partial charge in [0.25, 0.3) is 5.91 Å². The molecule has 0 atom stereocenters. The monoisotopic (exact) mass is 299 g/mol. The largest absolute Gasteiger partial charge is 0.352 e. The van der Waals surface area contributed by atoms with Crippen molar-refractivity contribution in [2.45, 2.75) is 34.1 Å². The second-order valence-electron chi connectivity index (χ2n) is 5.86. The van der Waals surface area contributed by atoms with Crippen LogP contribution in [-0.2, 0) is 0 Å². The molecule has 4 heteroatoms. The maximum atomic E-state index is 12.3. The van der Waals surface area contributed by atoms with Crippen LogP contribution in [0.2, 0.25) is 0 Å². The molecule has 1 aromatic carbocycles. The molecule has 1 aromatic heterocycles. The third-order valence-corrected chi connectivity index (χ3v) is 3.81. The number of benzene rings is 1. The first-order valence-electron chi connectivity index (χ1n) is 7.70. The zero-order chi connectivity index (χ0) is 16.3. The Kier molecular flexibility index (Phi) is 5.03. The van der Waals surface area contributed by atoms with Crippen molar-refractivity contribution >= 4 is 5.91 Å². The Morgan fingerprint density at radius 2 is 1.73 bits per heavy atom. The van der Waals surface area contributed by atoms with Crippen molar-refractivity contribution in [2.24, 2.45) is 5.73 Å². The van der Waals surface area contributed by atoms with Crippen LogP contribution in [0.15, 0.2) is 24.3 Å². The highest BCUT2D eigenvalue weighted by molar-refractivity contribution is 5.95. The molecule has 22 heavy (non-hydrogen) atoms. The van der Waals surface area contributed by atoms with Gasteiger partial charge in [-0.2, -0.15) is 0 Å². The van der Waals surface area contributed by atoms with Crippen LogP contribution in [0.4, 0.5) is 0 Å². The van der Waals surface area contributed by atoms with Gasteiger partial charge in [0.05, 0.1) is 5.56 Å². The van der Waals surface area contributed by atoms with E-state index in [0.717, 1.165) is 29.1 Å². The predicted octanol–water partition coefficient (Wildman–Crippen LogP) is 2.79. The molecule has 2 aromatic rings. The number of amides is 1. The molecule has 118 valence electrons. The van der Waals surface area contributed by atoms with E-state index in [1.165, 1.54) is 11.1 Å². The summed E-state index contributed by atoms with van der Waals surface area (Å²) in [5, 5.41) is 2.92. The number of nitrogens with one attached hydrogen (secondary N) is 1. The molecule has 0 fully saturated rings. The van der Waals surface area contributed by atoms with Crippen LogP contribution in [0.3, 0.4) is 0 Å². The molecule has 0 aliphatic heterocycles. The van der Waals surface area contributed by atoms with Crippen LogP contribution in [0.5, 0.6) is 0 Å². The molecule has 0 aliphatic carbocycles. The van der Waals surface area contributed by atoms with Crippen molar-refractivity contribution in [3.05, 3.63) is 52.3 Å². The summed E-state index contributed by atoms with van der Waals surface area (Å²) in [5.74, 6) is -0.0304. The average Bonchev–Trinajstić information content (AvgIpc) is 2.73. The molecule has 4 nitrogen and oxygen atoms in total. The third kappa shape index (κ3) is 3.39. The lowest BCUT2D eigenvalue weighted by atomic mass is 10.1. The predicted molar refractivity (Wildman–Crippen MR) is 90.7 cm³/mol. The molecule has 1 heterocycles. The summed E-state index contributed by atoms with van der Waals surface area (Å²) in [6.45, 7) is 9.39. The van der Waals surface area contributed by atoms with Gasteiger partial charge in [0.2, 0.25) is 0 Å². The van der Waals surface area contributed by atoms with Crippen molar-refractivity contribution in [1.29, 1.82) is 0 Å². The minimum Gasteiger partial charge on any atom is -0.352 e. The van der Waals surface area contributed by atoms with Gasteiger partial charge in [-0.15, -0.1) is 0 Å². The molecule has 0 saturated carbocycles. The number of aryl methyl sites for hydroxylation is 3. The van der Waals surface area contributed by atoms with Crippen molar-refractivity contribution in [2.75, 3.05) is 13.1 Å². The van der Waals surface area contributed by atoms with E-state index in [0.29, 0.717) is 13.1 Å². The number of aromatic nitrogens is 1. The Morgan fingerprint density at radius 3 is 2.32 bits per heavy atom. The second-order valence-corrected chi connectivity index (χ2v) is 5.86. The topological polar surface area (TPSA) is 60.0 Å². The SMILES string of the molecule is Cc1cc(C)cc(-n2c(C)cc(C(=O)NCCCN)c2C)c1. The number of nitrogens with zero attached hydrogens (tertiary/aromatic N) is 1. The number of nitrogens with two attached hydrogens (primary N) is 1. The van der Waals surface area contributed by atoms with Crippen LogP contribution in [0.25, 0.3) is 5.69 Å². The Hall–Kier alpha value is -2.07. The van der Waals surface area contributed by atoms with Gasteiger partial charge in [-0.25, -0.2) is 0 Å². The normalized spacial score (nSPS) is 10.8. The number of hydrogen-bond donors (Lipinski definition) is 2. The number of hydrogen-bond acceptors (Lipinski definition) is 2. The minimum absolute atomic E-state index is 0.0304. The summed E-state index contributed by atoms with van der Waals surface area (Å²) in [6.07, 6.45) is 0.793. The maximum Gasteiger partial charge on any atom is 0.253 e. The average molecular weight is 299 g/mol. The van der Waals surface area contributed by atoms with Crippen molar-refractivity contribution in [3.8, 4) is 5.69 Å². The van der Waals surface area contributed by atoms with E-state index in [1.54, 1.807) is 0 Å². The van der Waals surface area contributed by atoms with Crippen molar-refractivity contribution < 1.29 is 4.79 Å². The molecule has 0 radical (unpaired) electrons. The van der Waals surface area contributed by atoms with E-state index in [2.05, 4.69) is 41.9 Å². The minimum atomic E-state index is -0.0304. The van der Waals surface area contributed by atoms with E-state index in [1.807, 2.05) is 19.9 Å². The zero-order valence-corrected chi connectivity index (χ0v) is 13.9. The van der Waals surface area contributed by atoms with E-state index in [4.69, 9.17) is 5.73 Å². The van der Waals surface area contributed by atoms with Gasteiger partial charge in [0.15, 0.2) is 0 Å². The Bertz CT molecular complexity index is 666. The first-order chi connectivity index (χ1) is 10.4. The molecule has 2 rings (SSSR count). The van der Waals surface area contributed by atoms with Crippen LogP contribution in [0.1, 0.15) is 39.3 Å². The fourth-order valence-electron chi connectivity index (χ4n) is 2.87. The highest BCUT2D eigenvalue weighted by Crippen LogP contribution is 2.22. The van der Waals surface area contributed by atoms with E-state index < -0.39 is 0 Å². The molecular formula is C18H25N3O. The van der Waals surface area contributed by atoms with E-state index in [-0.39, 0.29) is 5.91 Å².